The van der Waals surface area contributed by atoms with Gasteiger partial charge in [-0.05, 0) is 67.4 Å². The van der Waals surface area contributed by atoms with E-state index in [0.717, 1.165) is 16.1 Å². The second-order valence-corrected chi connectivity index (χ2v) is 8.07. The van der Waals surface area contributed by atoms with Crippen LogP contribution in [0.1, 0.15) is 34.0 Å². The number of amides is 2. The molecule has 3 rings (SSSR count). The van der Waals surface area contributed by atoms with Crippen LogP contribution in [0.25, 0.3) is 0 Å². The molecule has 4 nitrogen and oxygen atoms in total. The first-order valence-corrected chi connectivity index (χ1v) is 10.2. The van der Waals surface area contributed by atoms with Crippen molar-refractivity contribution in [2.75, 3.05) is 5.32 Å². The van der Waals surface area contributed by atoms with Gasteiger partial charge >= 0.3 is 0 Å². The quantitative estimate of drug-likeness (QED) is 0.583. The Morgan fingerprint density at radius 3 is 2.21 bits per heavy atom. The zero-order valence-corrected chi connectivity index (χ0v) is 17.6. The fraction of sp³-hybridized carbons (Fsp3) is 0.167. The van der Waals surface area contributed by atoms with E-state index in [2.05, 4.69) is 42.7 Å². The van der Waals surface area contributed by atoms with Crippen molar-refractivity contribution in [2.45, 2.75) is 37.1 Å². The summed E-state index contributed by atoms with van der Waals surface area (Å²) in [4.78, 5) is 25.8. The molecule has 0 saturated heterocycles. The van der Waals surface area contributed by atoms with Crippen molar-refractivity contribution in [1.82, 2.24) is 5.32 Å². The van der Waals surface area contributed by atoms with Crippen LogP contribution in [0.3, 0.4) is 0 Å². The summed E-state index contributed by atoms with van der Waals surface area (Å²) in [6.45, 7) is 6.14. The molecule has 3 aromatic rings. The number of carbonyl (C=O) groups is 2. The van der Waals surface area contributed by atoms with Crippen molar-refractivity contribution in [3.63, 3.8) is 0 Å². The second kappa shape index (κ2) is 9.43. The molecule has 3 aromatic carbocycles. The van der Waals surface area contributed by atoms with Gasteiger partial charge in [0.1, 0.15) is 0 Å². The molecule has 148 valence electrons. The molecule has 0 unspecified atom stereocenters. The Balaban J connectivity index is 1.60. The lowest BCUT2D eigenvalue weighted by Crippen LogP contribution is -2.19. The van der Waals surface area contributed by atoms with Crippen LogP contribution in [0.4, 0.5) is 5.69 Å². The van der Waals surface area contributed by atoms with Gasteiger partial charge in [-0.15, -0.1) is 0 Å². The smallest absolute Gasteiger partial charge is 0.255 e. The summed E-state index contributed by atoms with van der Waals surface area (Å²) in [6.07, 6.45) is 0. The molecule has 29 heavy (non-hydrogen) atoms. The summed E-state index contributed by atoms with van der Waals surface area (Å²) >= 11 is 1.71. The number of carbonyl (C=O) groups excluding carboxylic acids is 2. The largest absolute Gasteiger partial charge is 0.352 e. The maximum absolute atomic E-state index is 12.5. The van der Waals surface area contributed by atoms with Gasteiger partial charge in [0.05, 0.1) is 0 Å². The van der Waals surface area contributed by atoms with E-state index in [1.54, 1.807) is 23.9 Å². The van der Waals surface area contributed by atoms with E-state index in [-0.39, 0.29) is 11.8 Å². The maximum Gasteiger partial charge on any atom is 0.255 e. The lowest BCUT2D eigenvalue weighted by molar-refractivity contribution is -0.119. The van der Waals surface area contributed by atoms with Gasteiger partial charge in [0.25, 0.3) is 5.91 Å². The summed E-state index contributed by atoms with van der Waals surface area (Å²) in [6, 6.07) is 21.5. The molecule has 0 aliphatic heterocycles. The molecule has 0 atom stereocenters. The molecule has 0 aliphatic carbocycles. The highest BCUT2D eigenvalue weighted by atomic mass is 32.2. The third-order valence-electron chi connectivity index (χ3n) is 4.43. The number of aryl methyl sites for hydroxylation is 2. The molecule has 0 heterocycles. The lowest BCUT2D eigenvalue weighted by Gasteiger charge is -2.09. The highest BCUT2D eigenvalue weighted by molar-refractivity contribution is 7.99. The fourth-order valence-corrected chi connectivity index (χ4v) is 3.73. The van der Waals surface area contributed by atoms with Gasteiger partial charge in [-0.1, -0.05) is 41.6 Å². The van der Waals surface area contributed by atoms with Crippen molar-refractivity contribution in [3.8, 4) is 0 Å². The molecule has 0 aliphatic rings. The van der Waals surface area contributed by atoms with Crippen molar-refractivity contribution in [2.24, 2.45) is 0 Å². The summed E-state index contributed by atoms with van der Waals surface area (Å²) < 4.78 is 0. The normalized spacial score (nSPS) is 10.4. The number of hydrogen-bond acceptors (Lipinski definition) is 3. The Labute approximate surface area is 175 Å². The van der Waals surface area contributed by atoms with Gasteiger partial charge in [-0.25, -0.2) is 0 Å². The van der Waals surface area contributed by atoms with Crippen molar-refractivity contribution < 1.29 is 9.59 Å². The van der Waals surface area contributed by atoms with Gasteiger partial charge in [0.15, 0.2) is 0 Å². The van der Waals surface area contributed by atoms with E-state index in [1.165, 1.54) is 22.9 Å². The predicted molar refractivity (Wildman–Crippen MR) is 118 cm³/mol. The van der Waals surface area contributed by atoms with Gasteiger partial charge in [-0.2, -0.15) is 0 Å². The Morgan fingerprint density at radius 2 is 1.59 bits per heavy atom. The molecule has 5 heteroatoms. The van der Waals surface area contributed by atoms with Crippen LogP contribution in [0.5, 0.6) is 0 Å². The van der Waals surface area contributed by atoms with E-state index < -0.39 is 0 Å². The van der Waals surface area contributed by atoms with Gasteiger partial charge in [-0.3, -0.25) is 9.59 Å². The average molecular weight is 405 g/mol. The standard InChI is InChI=1S/C24H24N2O2S/c1-16-4-13-23(17(2)14-16)29-22-11-9-21(10-12-22)26-24(28)20-7-5-19(6-8-20)15-25-18(3)27/h4-14H,15H2,1-3H3,(H,25,27)(H,26,28). The molecule has 0 fully saturated rings. The number of benzene rings is 3. The predicted octanol–water partition coefficient (Wildman–Crippen LogP) is 5.34. The SMILES string of the molecule is CC(=O)NCc1ccc(C(=O)Nc2ccc(Sc3ccc(C)cc3C)cc2)cc1. The molecule has 0 aromatic heterocycles. The highest BCUT2D eigenvalue weighted by Crippen LogP contribution is 2.31. The van der Waals surface area contributed by atoms with Crippen LogP contribution >= 0.6 is 11.8 Å². The Morgan fingerprint density at radius 1 is 0.897 bits per heavy atom. The van der Waals surface area contributed by atoms with Gasteiger partial charge < -0.3 is 10.6 Å². The van der Waals surface area contributed by atoms with E-state index >= 15 is 0 Å². The number of rotatable bonds is 6. The zero-order chi connectivity index (χ0) is 20.8. The molecule has 0 radical (unpaired) electrons. The third kappa shape index (κ3) is 5.96. The first kappa shape index (κ1) is 20.7. The molecule has 0 saturated carbocycles. The minimum atomic E-state index is -0.161. The van der Waals surface area contributed by atoms with Crippen molar-refractivity contribution >= 4 is 29.3 Å². The number of hydrogen-bond donors (Lipinski definition) is 2. The maximum atomic E-state index is 12.5. The summed E-state index contributed by atoms with van der Waals surface area (Å²) in [5, 5.41) is 5.66. The highest BCUT2D eigenvalue weighted by Gasteiger charge is 2.07. The van der Waals surface area contributed by atoms with Gasteiger partial charge in [0, 0.05) is 34.5 Å². The van der Waals surface area contributed by atoms with Crippen LogP contribution in [-0.2, 0) is 11.3 Å². The van der Waals surface area contributed by atoms with Crippen LogP contribution in [0, 0.1) is 13.8 Å². The number of anilines is 1. The fourth-order valence-electron chi connectivity index (χ4n) is 2.85. The van der Waals surface area contributed by atoms with Crippen molar-refractivity contribution in [1.29, 1.82) is 0 Å². The van der Waals surface area contributed by atoms with E-state index in [0.29, 0.717) is 12.1 Å². The molecular weight excluding hydrogens is 380 g/mol. The molecule has 0 spiro atoms. The second-order valence-electron chi connectivity index (χ2n) is 6.96. The van der Waals surface area contributed by atoms with E-state index in [1.807, 2.05) is 36.4 Å². The molecule has 0 bridgehead atoms. The topological polar surface area (TPSA) is 58.2 Å². The average Bonchev–Trinajstić information content (AvgIpc) is 2.70. The molecular formula is C24H24N2O2S. The van der Waals surface area contributed by atoms with E-state index in [4.69, 9.17) is 0 Å². The summed E-state index contributed by atoms with van der Waals surface area (Å²) in [5.41, 5.74) is 4.79. The Kier molecular flexibility index (Phi) is 6.73. The van der Waals surface area contributed by atoms with Gasteiger partial charge in [0.2, 0.25) is 5.91 Å². The lowest BCUT2D eigenvalue weighted by atomic mass is 10.1. The first-order valence-electron chi connectivity index (χ1n) is 9.40. The van der Waals surface area contributed by atoms with E-state index in [9.17, 15) is 9.59 Å². The molecule has 2 N–H and O–H groups in total. The van der Waals surface area contributed by atoms with Crippen molar-refractivity contribution in [3.05, 3.63) is 89.0 Å². The summed E-state index contributed by atoms with van der Waals surface area (Å²) in [7, 11) is 0. The minimum Gasteiger partial charge on any atom is -0.352 e. The number of nitrogens with one attached hydrogen (secondary N) is 2. The van der Waals surface area contributed by atoms with Crippen LogP contribution < -0.4 is 10.6 Å². The Bertz CT molecular complexity index is 1010. The minimum absolute atomic E-state index is 0.0778. The van der Waals surface area contributed by atoms with Crippen LogP contribution in [0.2, 0.25) is 0 Å². The van der Waals surface area contributed by atoms with Crippen LogP contribution in [0.15, 0.2) is 76.5 Å². The first-order chi connectivity index (χ1) is 13.9. The third-order valence-corrected chi connectivity index (χ3v) is 5.61. The zero-order valence-electron chi connectivity index (χ0n) is 16.8. The summed E-state index contributed by atoms with van der Waals surface area (Å²) in [5.74, 6) is -0.239. The van der Waals surface area contributed by atoms with Crippen LogP contribution in [-0.4, -0.2) is 11.8 Å². The monoisotopic (exact) mass is 404 g/mol. The Hall–Kier alpha value is -3.05. The molecule has 2 amide bonds.